The summed E-state index contributed by atoms with van der Waals surface area (Å²) < 4.78 is 5.12. The SMILES string of the molecule is CCOCCNC(=O)Nc1ccc(CC)cc1. The van der Waals surface area contributed by atoms with Crippen molar-refractivity contribution in [3.05, 3.63) is 29.8 Å². The van der Waals surface area contributed by atoms with Crippen LogP contribution >= 0.6 is 0 Å². The Hall–Kier alpha value is -1.55. The van der Waals surface area contributed by atoms with Gasteiger partial charge in [-0.1, -0.05) is 19.1 Å². The second-order valence-corrected chi connectivity index (χ2v) is 3.63. The lowest BCUT2D eigenvalue weighted by Gasteiger charge is -2.08. The fourth-order valence-corrected chi connectivity index (χ4v) is 1.38. The Morgan fingerprint density at radius 1 is 1.24 bits per heavy atom. The standard InChI is InChI=1S/C13H20N2O2/c1-3-11-5-7-12(8-6-11)15-13(16)14-9-10-17-4-2/h5-8H,3-4,9-10H2,1-2H3,(H2,14,15,16). The first-order valence-corrected chi connectivity index (χ1v) is 5.97. The summed E-state index contributed by atoms with van der Waals surface area (Å²) in [6.45, 7) is 5.76. The minimum absolute atomic E-state index is 0.200. The summed E-state index contributed by atoms with van der Waals surface area (Å²) in [5, 5.41) is 5.48. The first-order valence-electron chi connectivity index (χ1n) is 5.97. The smallest absolute Gasteiger partial charge is 0.319 e. The summed E-state index contributed by atoms with van der Waals surface area (Å²) in [6, 6.07) is 7.63. The van der Waals surface area contributed by atoms with Crippen LogP contribution in [0.3, 0.4) is 0 Å². The summed E-state index contributed by atoms with van der Waals surface area (Å²) >= 11 is 0. The second-order valence-electron chi connectivity index (χ2n) is 3.63. The van der Waals surface area contributed by atoms with Gasteiger partial charge in [-0.15, -0.1) is 0 Å². The summed E-state index contributed by atoms with van der Waals surface area (Å²) in [4.78, 5) is 11.5. The average Bonchev–Trinajstić information content (AvgIpc) is 2.36. The lowest BCUT2D eigenvalue weighted by molar-refractivity contribution is 0.150. The maximum Gasteiger partial charge on any atom is 0.319 e. The van der Waals surface area contributed by atoms with Gasteiger partial charge in [-0.2, -0.15) is 0 Å². The fraction of sp³-hybridized carbons (Fsp3) is 0.462. The molecule has 0 saturated carbocycles. The van der Waals surface area contributed by atoms with E-state index >= 15 is 0 Å². The summed E-state index contributed by atoms with van der Waals surface area (Å²) in [5.74, 6) is 0. The third kappa shape index (κ3) is 5.36. The van der Waals surface area contributed by atoms with Crippen LogP contribution in [0.1, 0.15) is 19.4 Å². The maximum absolute atomic E-state index is 11.5. The van der Waals surface area contributed by atoms with E-state index in [0.717, 1.165) is 12.1 Å². The van der Waals surface area contributed by atoms with Crippen molar-refractivity contribution in [1.29, 1.82) is 0 Å². The van der Waals surface area contributed by atoms with Crippen LogP contribution in [0, 0.1) is 0 Å². The number of hydrogen-bond donors (Lipinski definition) is 2. The van der Waals surface area contributed by atoms with Gasteiger partial charge in [-0.3, -0.25) is 0 Å². The number of nitrogens with one attached hydrogen (secondary N) is 2. The molecule has 0 aliphatic carbocycles. The van der Waals surface area contributed by atoms with Crippen LogP contribution in [0.4, 0.5) is 10.5 Å². The van der Waals surface area contributed by atoms with E-state index in [1.807, 2.05) is 31.2 Å². The molecule has 0 radical (unpaired) electrons. The van der Waals surface area contributed by atoms with Crippen molar-refractivity contribution in [3.8, 4) is 0 Å². The quantitative estimate of drug-likeness (QED) is 0.745. The van der Waals surface area contributed by atoms with Crippen molar-refractivity contribution >= 4 is 11.7 Å². The molecule has 0 aliphatic rings. The van der Waals surface area contributed by atoms with Gasteiger partial charge in [0.05, 0.1) is 6.61 Å². The number of urea groups is 1. The molecule has 1 rings (SSSR count). The topological polar surface area (TPSA) is 50.4 Å². The van der Waals surface area contributed by atoms with E-state index in [2.05, 4.69) is 17.6 Å². The van der Waals surface area contributed by atoms with E-state index in [9.17, 15) is 4.79 Å². The van der Waals surface area contributed by atoms with Crippen molar-refractivity contribution in [3.63, 3.8) is 0 Å². The molecule has 4 nitrogen and oxygen atoms in total. The average molecular weight is 236 g/mol. The number of hydrogen-bond acceptors (Lipinski definition) is 2. The Kier molecular flexibility index (Phi) is 6.10. The zero-order chi connectivity index (χ0) is 12.5. The van der Waals surface area contributed by atoms with Gasteiger partial charge in [-0.25, -0.2) is 4.79 Å². The van der Waals surface area contributed by atoms with Gasteiger partial charge < -0.3 is 15.4 Å². The van der Waals surface area contributed by atoms with E-state index in [0.29, 0.717) is 19.8 Å². The molecule has 2 N–H and O–H groups in total. The molecule has 94 valence electrons. The summed E-state index contributed by atoms with van der Waals surface area (Å²) in [7, 11) is 0. The van der Waals surface area contributed by atoms with Gasteiger partial charge in [0, 0.05) is 18.8 Å². The summed E-state index contributed by atoms with van der Waals surface area (Å²) in [5.41, 5.74) is 2.06. The first kappa shape index (κ1) is 13.5. The number of carbonyl (C=O) groups excluding carboxylic acids is 1. The monoisotopic (exact) mass is 236 g/mol. The molecule has 0 bridgehead atoms. The van der Waals surface area contributed by atoms with Gasteiger partial charge in [0.2, 0.25) is 0 Å². The Morgan fingerprint density at radius 3 is 2.53 bits per heavy atom. The molecule has 0 heterocycles. The molecule has 1 aromatic carbocycles. The molecule has 0 aromatic heterocycles. The Balaban J connectivity index is 2.29. The van der Waals surface area contributed by atoms with Crippen molar-refractivity contribution in [1.82, 2.24) is 5.32 Å². The van der Waals surface area contributed by atoms with Crippen LogP contribution in [0.15, 0.2) is 24.3 Å². The number of amides is 2. The largest absolute Gasteiger partial charge is 0.380 e. The second kappa shape index (κ2) is 7.68. The van der Waals surface area contributed by atoms with E-state index in [4.69, 9.17) is 4.74 Å². The molecule has 0 saturated heterocycles. The molecule has 0 fully saturated rings. The molecular weight excluding hydrogens is 216 g/mol. The third-order valence-corrected chi connectivity index (χ3v) is 2.36. The van der Waals surface area contributed by atoms with E-state index in [1.54, 1.807) is 0 Å². The maximum atomic E-state index is 11.5. The minimum Gasteiger partial charge on any atom is -0.380 e. The van der Waals surface area contributed by atoms with Crippen molar-refractivity contribution < 1.29 is 9.53 Å². The van der Waals surface area contributed by atoms with Crippen molar-refractivity contribution in [2.45, 2.75) is 20.3 Å². The highest BCUT2D eigenvalue weighted by molar-refractivity contribution is 5.89. The van der Waals surface area contributed by atoms with Gasteiger partial charge in [0.1, 0.15) is 0 Å². The van der Waals surface area contributed by atoms with Crippen LogP contribution in [0.5, 0.6) is 0 Å². The lowest BCUT2D eigenvalue weighted by atomic mass is 10.1. The van der Waals surface area contributed by atoms with E-state index in [1.165, 1.54) is 5.56 Å². The highest BCUT2D eigenvalue weighted by Gasteiger charge is 2.00. The lowest BCUT2D eigenvalue weighted by Crippen LogP contribution is -2.31. The minimum atomic E-state index is -0.200. The third-order valence-electron chi connectivity index (χ3n) is 2.36. The molecular formula is C13H20N2O2. The normalized spacial score (nSPS) is 10.0. The molecule has 2 amide bonds. The summed E-state index contributed by atoms with van der Waals surface area (Å²) in [6.07, 6.45) is 1.00. The molecule has 0 spiro atoms. The van der Waals surface area contributed by atoms with Crippen LogP contribution in [0.25, 0.3) is 0 Å². The number of anilines is 1. The number of benzene rings is 1. The zero-order valence-corrected chi connectivity index (χ0v) is 10.5. The molecule has 17 heavy (non-hydrogen) atoms. The van der Waals surface area contributed by atoms with E-state index < -0.39 is 0 Å². The number of ether oxygens (including phenoxy) is 1. The van der Waals surface area contributed by atoms with Crippen LogP contribution in [0.2, 0.25) is 0 Å². The molecule has 0 atom stereocenters. The van der Waals surface area contributed by atoms with Crippen molar-refractivity contribution in [2.24, 2.45) is 0 Å². The van der Waals surface area contributed by atoms with Crippen LogP contribution < -0.4 is 10.6 Å². The van der Waals surface area contributed by atoms with Gasteiger partial charge in [0.15, 0.2) is 0 Å². The Bertz CT molecular complexity index is 336. The Labute approximate surface area is 102 Å². The van der Waals surface area contributed by atoms with Gasteiger partial charge in [-0.05, 0) is 31.0 Å². The number of carbonyl (C=O) groups is 1. The predicted molar refractivity (Wildman–Crippen MR) is 69.3 cm³/mol. The zero-order valence-electron chi connectivity index (χ0n) is 10.5. The highest BCUT2D eigenvalue weighted by atomic mass is 16.5. The molecule has 0 aliphatic heterocycles. The van der Waals surface area contributed by atoms with E-state index in [-0.39, 0.29) is 6.03 Å². The predicted octanol–water partition coefficient (Wildman–Crippen LogP) is 2.41. The Morgan fingerprint density at radius 2 is 1.94 bits per heavy atom. The highest BCUT2D eigenvalue weighted by Crippen LogP contribution is 2.09. The van der Waals surface area contributed by atoms with Gasteiger partial charge in [0.25, 0.3) is 0 Å². The van der Waals surface area contributed by atoms with Gasteiger partial charge >= 0.3 is 6.03 Å². The molecule has 1 aromatic rings. The van der Waals surface area contributed by atoms with Crippen molar-refractivity contribution in [2.75, 3.05) is 25.1 Å². The number of rotatable bonds is 6. The molecule has 4 heteroatoms. The number of aryl methyl sites for hydroxylation is 1. The fourth-order valence-electron chi connectivity index (χ4n) is 1.38. The first-order chi connectivity index (χ1) is 8.26. The molecule has 0 unspecified atom stereocenters. The van der Waals surface area contributed by atoms with Crippen LogP contribution in [-0.2, 0) is 11.2 Å². The van der Waals surface area contributed by atoms with Crippen LogP contribution in [-0.4, -0.2) is 25.8 Å².